The highest BCUT2D eigenvalue weighted by molar-refractivity contribution is 5.74. The molecule has 1 saturated carbocycles. The van der Waals surface area contributed by atoms with Crippen LogP contribution in [0.25, 0.3) is 0 Å². The van der Waals surface area contributed by atoms with E-state index < -0.39 is 17.9 Å². The normalized spacial score (nSPS) is 38.9. The van der Waals surface area contributed by atoms with Crippen LogP contribution >= 0.6 is 0 Å². The van der Waals surface area contributed by atoms with Gasteiger partial charge in [-0.3, -0.25) is 9.59 Å². The first kappa shape index (κ1) is 9.24. The van der Waals surface area contributed by atoms with E-state index in [0.29, 0.717) is 0 Å². The minimum atomic E-state index is -0.901. The summed E-state index contributed by atoms with van der Waals surface area (Å²) in [6.45, 7) is 0. The van der Waals surface area contributed by atoms with E-state index in [4.69, 9.17) is 10.2 Å². The Morgan fingerprint density at radius 1 is 1.21 bits per heavy atom. The molecule has 0 saturated heterocycles. The van der Waals surface area contributed by atoms with Crippen LogP contribution in [0.5, 0.6) is 0 Å². The molecule has 14 heavy (non-hydrogen) atoms. The van der Waals surface area contributed by atoms with Gasteiger partial charge >= 0.3 is 11.9 Å². The summed E-state index contributed by atoms with van der Waals surface area (Å²) in [6, 6.07) is 0. The van der Waals surface area contributed by atoms with Crippen molar-refractivity contribution in [1.82, 2.24) is 0 Å². The molecule has 2 aliphatic carbocycles. The summed E-state index contributed by atoms with van der Waals surface area (Å²) < 4.78 is 0. The first-order chi connectivity index (χ1) is 6.59. The van der Waals surface area contributed by atoms with Crippen LogP contribution in [0.3, 0.4) is 0 Å². The van der Waals surface area contributed by atoms with Crippen molar-refractivity contribution in [3.05, 3.63) is 12.2 Å². The molecule has 4 nitrogen and oxygen atoms in total. The molecule has 0 aromatic carbocycles. The van der Waals surface area contributed by atoms with E-state index in [1.165, 1.54) is 0 Å². The number of fused-ring (bicyclic) bond motifs is 2. The van der Waals surface area contributed by atoms with Gasteiger partial charge < -0.3 is 10.2 Å². The summed E-state index contributed by atoms with van der Waals surface area (Å²) in [5, 5.41) is 17.7. The third-order valence-corrected chi connectivity index (χ3v) is 3.32. The lowest BCUT2D eigenvalue weighted by Crippen LogP contribution is -2.28. The van der Waals surface area contributed by atoms with Gasteiger partial charge in [-0.2, -0.15) is 0 Å². The van der Waals surface area contributed by atoms with Gasteiger partial charge in [-0.05, 0) is 24.2 Å². The molecule has 0 aromatic rings. The maximum atomic E-state index is 11.0. The first-order valence-electron chi connectivity index (χ1n) is 4.72. The average molecular weight is 196 g/mol. The molecule has 2 N–H and O–H groups in total. The summed E-state index contributed by atoms with van der Waals surface area (Å²) in [5.41, 5.74) is 0. The SMILES string of the molecule is O=C(O)C[C@@H]1[C@H](C(=O)O)[C@@H]2C=C[C@H]1C2. The second-order valence-electron chi connectivity index (χ2n) is 4.07. The Kier molecular flexibility index (Phi) is 2.06. The topological polar surface area (TPSA) is 74.6 Å². The van der Waals surface area contributed by atoms with Crippen molar-refractivity contribution in [3.63, 3.8) is 0 Å². The summed E-state index contributed by atoms with van der Waals surface area (Å²) in [4.78, 5) is 21.5. The van der Waals surface area contributed by atoms with Crippen LogP contribution < -0.4 is 0 Å². The fourth-order valence-corrected chi connectivity index (χ4v) is 2.77. The third-order valence-electron chi connectivity index (χ3n) is 3.32. The average Bonchev–Trinajstić information content (AvgIpc) is 2.61. The molecule has 0 unspecified atom stereocenters. The van der Waals surface area contributed by atoms with Crippen LogP contribution in [-0.4, -0.2) is 22.2 Å². The predicted octanol–water partition coefficient (Wildman–Crippen LogP) is 0.984. The Bertz CT molecular complexity index is 307. The van der Waals surface area contributed by atoms with Crippen molar-refractivity contribution < 1.29 is 19.8 Å². The van der Waals surface area contributed by atoms with E-state index in [-0.39, 0.29) is 24.2 Å². The van der Waals surface area contributed by atoms with Gasteiger partial charge in [0.05, 0.1) is 5.92 Å². The lowest BCUT2D eigenvalue weighted by Gasteiger charge is -2.22. The molecule has 0 aliphatic heterocycles. The Morgan fingerprint density at radius 3 is 2.43 bits per heavy atom. The van der Waals surface area contributed by atoms with Crippen molar-refractivity contribution in [2.24, 2.45) is 23.7 Å². The minimum Gasteiger partial charge on any atom is -0.481 e. The maximum absolute atomic E-state index is 11.0. The zero-order chi connectivity index (χ0) is 10.3. The van der Waals surface area contributed by atoms with E-state index in [1.807, 2.05) is 12.2 Å². The number of carboxylic acids is 2. The summed E-state index contributed by atoms with van der Waals surface area (Å²) in [7, 11) is 0. The first-order valence-corrected chi connectivity index (χ1v) is 4.72. The standard InChI is InChI=1S/C10H12O4/c11-8(12)4-7-5-1-2-6(3-5)9(7)10(13)14/h1-2,5-7,9H,3-4H2,(H,11,12)(H,13,14)/t5-,6+,7-,9+/m0/s1. The van der Waals surface area contributed by atoms with Crippen LogP contribution in [0.15, 0.2) is 12.2 Å². The number of rotatable bonds is 3. The molecule has 0 aromatic heterocycles. The highest BCUT2D eigenvalue weighted by Gasteiger charge is 2.48. The van der Waals surface area contributed by atoms with Gasteiger partial charge in [0.2, 0.25) is 0 Å². The van der Waals surface area contributed by atoms with Crippen molar-refractivity contribution in [2.45, 2.75) is 12.8 Å². The smallest absolute Gasteiger partial charge is 0.307 e. The number of aliphatic carboxylic acids is 2. The maximum Gasteiger partial charge on any atom is 0.307 e. The fourth-order valence-electron chi connectivity index (χ4n) is 2.77. The molecular weight excluding hydrogens is 184 g/mol. The van der Waals surface area contributed by atoms with E-state index >= 15 is 0 Å². The van der Waals surface area contributed by atoms with Crippen LogP contribution in [0.4, 0.5) is 0 Å². The number of hydrogen-bond acceptors (Lipinski definition) is 2. The summed E-state index contributed by atoms with van der Waals surface area (Å²) in [6.07, 6.45) is 4.68. The number of allylic oxidation sites excluding steroid dienone is 2. The van der Waals surface area contributed by atoms with Crippen molar-refractivity contribution in [3.8, 4) is 0 Å². The van der Waals surface area contributed by atoms with E-state index in [1.54, 1.807) is 0 Å². The van der Waals surface area contributed by atoms with Gasteiger partial charge in [0, 0.05) is 6.42 Å². The molecule has 2 bridgehead atoms. The number of carbonyl (C=O) groups is 2. The van der Waals surface area contributed by atoms with Gasteiger partial charge in [0.15, 0.2) is 0 Å². The Balaban J connectivity index is 2.18. The summed E-state index contributed by atoms with van der Waals surface area (Å²) >= 11 is 0. The van der Waals surface area contributed by atoms with Crippen LogP contribution in [-0.2, 0) is 9.59 Å². The molecule has 76 valence electrons. The fraction of sp³-hybridized carbons (Fsp3) is 0.600. The van der Waals surface area contributed by atoms with E-state index in [2.05, 4.69) is 0 Å². The van der Waals surface area contributed by atoms with Crippen molar-refractivity contribution in [2.75, 3.05) is 0 Å². The zero-order valence-corrected chi connectivity index (χ0v) is 7.59. The molecular formula is C10H12O4. The Hall–Kier alpha value is -1.32. The second kappa shape index (κ2) is 3.12. The number of carboxylic acid groups (broad SMARTS) is 2. The quantitative estimate of drug-likeness (QED) is 0.660. The van der Waals surface area contributed by atoms with Crippen LogP contribution in [0.2, 0.25) is 0 Å². The van der Waals surface area contributed by atoms with Crippen LogP contribution in [0, 0.1) is 23.7 Å². The van der Waals surface area contributed by atoms with E-state index in [9.17, 15) is 9.59 Å². The highest BCUT2D eigenvalue weighted by Crippen LogP contribution is 2.49. The monoisotopic (exact) mass is 196 g/mol. The third kappa shape index (κ3) is 1.31. The second-order valence-corrected chi connectivity index (χ2v) is 4.07. The van der Waals surface area contributed by atoms with Crippen molar-refractivity contribution >= 4 is 11.9 Å². The minimum absolute atomic E-state index is 0.0253. The predicted molar refractivity (Wildman–Crippen MR) is 47.6 cm³/mol. The molecule has 1 fully saturated rings. The van der Waals surface area contributed by atoms with Gasteiger partial charge in [-0.15, -0.1) is 0 Å². The van der Waals surface area contributed by atoms with Gasteiger partial charge in [0.1, 0.15) is 0 Å². The molecule has 2 aliphatic rings. The molecule has 0 amide bonds. The molecule has 4 heteroatoms. The molecule has 0 heterocycles. The highest BCUT2D eigenvalue weighted by atomic mass is 16.4. The van der Waals surface area contributed by atoms with Gasteiger partial charge in [0.25, 0.3) is 0 Å². The number of hydrogen-bond donors (Lipinski definition) is 2. The van der Waals surface area contributed by atoms with Crippen molar-refractivity contribution in [1.29, 1.82) is 0 Å². The lowest BCUT2D eigenvalue weighted by molar-refractivity contribution is -0.146. The zero-order valence-electron chi connectivity index (χ0n) is 7.59. The molecule has 4 atom stereocenters. The van der Waals surface area contributed by atoms with Crippen LogP contribution in [0.1, 0.15) is 12.8 Å². The van der Waals surface area contributed by atoms with E-state index in [0.717, 1.165) is 6.42 Å². The Morgan fingerprint density at radius 2 is 1.86 bits per heavy atom. The van der Waals surface area contributed by atoms with Gasteiger partial charge in [-0.25, -0.2) is 0 Å². The lowest BCUT2D eigenvalue weighted by atomic mass is 9.81. The largest absolute Gasteiger partial charge is 0.481 e. The van der Waals surface area contributed by atoms with Gasteiger partial charge in [-0.1, -0.05) is 12.2 Å². The molecule has 2 rings (SSSR count). The molecule has 0 radical (unpaired) electrons. The molecule has 0 spiro atoms. The Labute approximate surface area is 81.2 Å². The summed E-state index contributed by atoms with van der Waals surface area (Å²) in [5.74, 6) is -2.23.